The van der Waals surface area contributed by atoms with Crippen molar-refractivity contribution in [1.29, 1.82) is 0 Å². The summed E-state index contributed by atoms with van der Waals surface area (Å²) in [6.45, 7) is 12.2. The predicted molar refractivity (Wildman–Crippen MR) is 89.5 cm³/mol. The fourth-order valence-electron chi connectivity index (χ4n) is 4.52. The zero-order chi connectivity index (χ0) is 15.3. The minimum Gasteiger partial charge on any atom is -0.396 e. The normalized spacial score (nSPS) is 34.0. The van der Waals surface area contributed by atoms with Gasteiger partial charge in [0.25, 0.3) is 0 Å². The summed E-state index contributed by atoms with van der Waals surface area (Å²) in [6, 6.07) is 0.653. The van der Waals surface area contributed by atoms with Crippen LogP contribution >= 0.6 is 0 Å². The zero-order valence-corrected chi connectivity index (χ0v) is 14.4. The molecule has 2 fully saturated rings. The Morgan fingerprint density at radius 1 is 1.24 bits per heavy atom. The van der Waals surface area contributed by atoms with Crippen LogP contribution in [0.3, 0.4) is 0 Å². The van der Waals surface area contributed by atoms with Gasteiger partial charge in [-0.15, -0.1) is 0 Å². The quantitative estimate of drug-likeness (QED) is 0.791. The molecule has 2 rings (SSSR count). The smallest absolute Gasteiger partial charge is 0.0471 e. The number of aliphatic hydroxyl groups excluding tert-OH is 1. The van der Waals surface area contributed by atoms with E-state index >= 15 is 0 Å². The molecule has 0 radical (unpaired) electrons. The van der Waals surface area contributed by atoms with Gasteiger partial charge in [0.15, 0.2) is 0 Å². The summed E-state index contributed by atoms with van der Waals surface area (Å²) < 4.78 is 0. The van der Waals surface area contributed by atoms with E-state index in [1.54, 1.807) is 0 Å². The predicted octanol–water partition coefficient (Wildman–Crippen LogP) is 2.89. The average Bonchev–Trinajstić information content (AvgIpc) is 2.46. The summed E-state index contributed by atoms with van der Waals surface area (Å²) in [5.74, 6) is 1.29. The van der Waals surface area contributed by atoms with Gasteiger partial charge in [-0.25, -0.2) is 0 Å². The van der Waals surface area contributed by atoms with Crippen molar-refractivity contribution in [3.63, 3.8) is 0 Å². The summed E-state index contributed by atoms with van der Waals surface area (Å²) in [5.41, 5.74) is 0.421. The van der Waals surface area contributed by atoms with E-state index < -0.39 is 0 Å². The van der Waals surface area contributed by atoms with Gasteiger partial charge in [-0.3, -0.25) is 0 Å². The van der Waals surface area contributed by atoms with Crippen molar-refractivity contribution in [3.8, 4) is 0 Å². The van der Waals surface area contributed by atoms with E-state index in [-0.39, 0.29) is 0 Å². The van der Waals surface area contributed by atoms with E-state index in [2.05, 4.69) is 31.0 Å². The topological polar surface area (TPSA) is 35.5 Å². The largest absolute Gasteiger partial charge is 0.396 e. The Balaban J connectivity index is 1.95. The van der Waals surface area contributed by atoms with E-state index in [1.165, 1.54) is 51.6 Å². The number of aliphatic hydroxyl groups is 1. The van der Waals surface area contributed by atoms with Gasteiger partial charge >= 0.3 is 0 Å². The molecule has 21 heavy (non-hydrogen) atoms. The SMILES string of the molecule is CCCNC1C(CN2CCCC(CO)C2)CCCC1(C)C. The monoisotopic (exact) mass is 296 g/mol. The van der Waals surface area contributed by atoms with Crippen molar-refractivity contribution in [2.45, 2.75) is 65.3 Å². The lowest BCUT2D eigenvalue weighted by molar-refractivity contribution is 0.0544. The molecule has 124 valence electrons. The van der Waals surface area contributed by atoms with Crippen LogP contribution in [0.15, 0.2) is 0 Å². The fraction of sp³-hybridized carbons (Fsp3) is 1.00. The van der Waals surface area contributed by atoms with Gasteiger partial charge in [-0.1, -0.05) is 27.2 Å². The molecular formula is C18H36N2O. The second-order valence-electron chi connectivity index (χ2n) is 8.02. The molecule has 2 N–H and O–H groups in total. The molecule has 0 amide bonds. The molecule has 1 aliphatic heterocycles. The van der Waals surface area contributed by atoms with E-state index in [1.807, 2.05) is 0 Å². The molecule has 0 bridgehead atoms. The molecule has 1 saturated heterocycles. The fourth-order valence-corrected chi connectivity index (χ4v) is 4.52. The molecule has 0 aromatic rings. The number of nitrogens with one attached hydrogen (secondary N) is 1. The molecule has 1 heterocycles. The molecule has 2 aliphatic rings. The first-order valence-electron chi connectivity index (χ1n) is 9.13. The van der Waals surface area contributed by atoms with Gasteiger partial charge in [-0.2, -0.15) is 0 Å². The number of hydrogen-bond acceptors (Lipinski definition) is 3. The minimum absolute atomic E-state index is 0.365. The van der Waals surface area contributed by atoms with Gasteiger partial charge in [-0.05, 0) is 62.4 Å². The maximum atomic E-state index is 9.43. The summed E-state index contributed by atoms with van der Waals surface area (Å²) in [7, 11) is 0. The molecule has 1 saturated carbocycles. The number of piperidine rings is 1. The van der Waals surface area contributed by atoms with Gasteiger partial charge in [0.2, 0.25) is 0 Å². The van der Waals surface area contributed by atoms with Crippen molar-refractivity contribution in [1.82, 2.24) is 10.2 Å². The summed E-state index contributed by atoms with van der Waals surface area (Å²) in [4.78, 5) is 2.62. The van der Waals surface area contributed by atoms with Crippen molar-refractivity contribution in [3.05, 3.63) is 0 Å². The third-order valence-corrected chi connectivity index (χ3v) is 5.68. The third kappa shape index (κ3) is 4.67. The third-order valence-electron chi connectivity index (χ3n) is 5.68. The van der Waals surface area contributed by atoms with Crippen LogP contribution in [0.4, 0.5) is 0 Å². The molecule has 3 atom stereocenters. The average molecular weight is 296 g/mol. The number of hydrogen-bond donors (Lipinski definition) is 2. The Kier molecular flexibility index (Phi) is 6.51. The van der Waals surface area contributed by atoms with Gasteiger partial charge in [0, 0.05) is 25.7 Å². The summed E-state index contributed by atoms with van der Waals surface area (Å²) in [5, 5.41) is 13.3. The number of nitrogens with zero attached hydrogens (tertiary/aromatic N) is 1. The molecule has 3 heteroatoms. The second-order valence-corrected chi connectivity index (χ2v) is 8.02. The number of likely N-dealkylation sites (tertiary alicyclic amines) is 1. The van der Waals surface area contributed by atoms with Crippen LogP contribution in [0.25, 0.3) is 0 Å². The van der Waals surface area contributed by atoms with Gasteiger partial charge in [0.05, 0.1) is 0 Å². The van der Waals surface area contributed by atoms with Crippen LogP contribution in [-0.2, 0) is 0 Å². The van der Waals surface area contributed by atoms with Crippen LogP contribution in [0, 0.1) is 17.3 Å². The van der Waals surface area contributed by atoms with Crippen LogP contribution < -0.4 is 5.32 Å². The molecule has 0 spiro atoms. The lowest BCUT2D eigenvalue weighted by Gasteiger charge is -2.47. The van der Waals surface area contributed by atoms with Crippen LogP contribution in [0.1, 0.15) is 59.3 Å². The first kappa shape index (κ1) is 17.2. The highest BCUT2D eigenvalue weighted by Gasteiger charge is 2.39. The van der Waals surface area contributed by atoms with Crippen LogP contribution in [-0.4, -0.2) is 48.8 Å². The standard InChI is InChI=1S/C18H36N2O/c1-4-10-19-17-16(8-5-9-18(17,2)3)13-20-11-6-7-15(12-20)14-21/h15-17,19,21H,4-14H2,1-3H3. The second kappa shape index (κ2) is 7.94. The Hall–Kier alpha value is -0.120. The summed E-state index contributed by atoms with van der Waals surface area (Å²) in [6.07, 6.45) is 7.78. The zero-order valence-electron chi connectivity index (χ0n) is 14.4. The summed E-state index contributed by atoms with van der Waals surface area (Å²) >= 11 is 0. The molecule has 3 unspecified atom stereocenters. The molecule has 0 aromatic heterocycles. The molecule has 1 aliphatic carbocycles. The first-order chi connectivity index (χ1) is 10.1. The van der Waals surface area contributed by atoms with Crippen LogP contribution in [0.5, 0.6) is 0 Å². The highest BCUT2D eigenvalue weighted by atomic mass is 16.3. The number of rotatable bonds is 6. The van der Waals surface area contributed by atoms with Gasteiger partial charge in [0.1, 0.15) is 0 Å². The highest BCUT2D eigenvalue weighted by molar-refractivity contribution is 4.94. The van der Waals surface area contributed by atoms with E-state index in [9.17, 15) is 5.11 Å². The molecule has 0 aromatic carbocycles. The van der Waals surface area contributed by atoms with Crippen LogP contribution in [0.2, 0.25) is 0 Å². The van der Waals surface area contributed by atoms with E-state index in [4.69, 9.17) is 0 Å². The first-order valence-corrected chi connectivity index (χ1v) is 9.13. The van der Waals surface area contributed by atoms with Crippen molar-refractivity contribution >= 4 is 0 Å². The minimum atomic E-state index is 0.365. The van der Waals surface area contributed by atoms with E-state index in [0.717, 1.165) is 19.0 Å². The molecular weight excluding hydrogens is 260 g/mol. The lowest BCUT2D eigenvalue weighted by atomic mass is 9.67. The maximum Gasteiger partial charge on any atom is 0.0471 e. The van der Waals surface area contributed by atoms with Crippen molar-refractivity contribution in [2.75, 3.05) is 32.8 Å². The maximum absolute atomic E-state index is 9.43. The Labute approximate surface area is 131 Å². The lowest BCUT2D eigenvalue weighted by Crippen LogP contribution is -2.54. The van der Waals surface area contributed by atoms with Crippen molar-refractivity contribution < 1.29 is 5.11 Å². The highest BCUT2D eigenvalue weighted by Crippen LogP contribution is 2.39. The Bertz CT molecular complexity index is 306. The molecule has 3 nitrogen and oxygen atoms in total. The Morgan fingerprint density at radius 2 is 2.05 bits per heavy atom. The van der Waals surface area contributed by atoms with Gasteiger partial charge < -0.3 is 15.3 Å². The Morgan fingerprint density at radius 3 is 2.76 bits per heavy atom. The van der Waals surface area contributed by atoms with Crippen molar-refractivity contribution in [2.24, 2.45) is 17.3 Å². The van der Waals surface area contributed by atoms with E-state index in [0.29, 0.717) is 24.0 Å².